The molecule has 1 aromatic carbocycles. The van der Waals surface area contributed by atoms with Crippen LogP contribution in [0.25, 0.3) is 0 Å². The van der Waals surface area contributed by atoms with Gasteiger partial charge in [0.1, 0.15) is 0 Å². The van der Waals surface area contributed by atoms with E-state index in [0.29, 0.717) is 0 Å². The predicted molar refractivity (Wildman–Crippen MR) is 47.4 cm³/mol. The van der Waals surface area contributed by atoms with Crippen LogP contribution in [0, 0.1) is 5.92 Å². The van der Waals surface area contributed by atoms with Crippen LogP contribution in [0.3, 0.4) is 0 Å². The predicted octanol–water partition coefficient (Wildman–Crippen LogP) is 2.39. The summed E-state index contributed by atoms with van der Waals surface area (Å²) >= 11 is 0. The van der Waals surface area contributed by atoms with Gasteiger partial charge in [-0.15, -0.1) is 0 Å². The Morgan fingerprint density at radius 1 is 1.45 bits per heavy atom. The number of hydrogen-bond donors (Lipinski definition) is 1. The summed E-state index contributed by atoms with van der Waals surface area (Å²) in [6.07, 6.45) is 1.34. The molecule has 11 heavy (non-hydrogen) atoms. The first kappa shape index (κ1) is 6.71. The molecule has 1 aromatic rings. The Labute approximate surface area is 67.2 Å². The molecule has 2 N–H and O–H groups in total. The highest BCUT2D eigenvalue weighted by molar-refractivity contribution is 5.43. The minimum Gasteiger partial charge on any atom is -0.399 e. The molecule has 1 saturated carbocycles. The zero-order valence-corrected chi connectivity index (χ0v) is 6.75. The number of anilines is 1. The van der Waals surface area contributed by atoms with E-state index in [-0.39, 0.29) is 0 Å². The lowest BCUT2D eigenvalue weighted by Crippen LogP contribution is -1.86. The number of nitrogens with two attached hydrogens (primary N) is 1. The van der Waals surface area contributed by atoms with Gasteiger partial charge in [0.2, 0.25) is 0 Å². The first-order chi connectivity index (χ1) is 5.27. The summed E-state index contributed by atoms with van der Waals surface area (Å²) in [5.74, 6) is 1.66. The van der Waals surface area contributed by atoms with E-state index in [1.807, 2.05) is 12.1 Å². The van der Waals surface area contributed by atoms with Gasteiger partial charge in [0, 0.05) is 5.69 Å². The molecule has 2 unspecified atom stereocenters. The molecule has 1 fully saturated rings. The molecule has 58 valence electrons. The topological polar surface area (TPSA) is 26.0 Å². The van der Waals surface area contributed by atoms with E-state index in [4.69, 9.17) is 5.73 Å². The van der Waals surface area contributed by atoms with Crippen molar-refractivity contribution in [3.05, 3.63) is 29.8 Å². The molecule has 1 aliphatic rings. The summed E-state index contributed by atoms with van der Waals surface area (Å²) in [5.41, 5.74) is 7.97. The van der Waals surface area contributed by atoms with Crippen molar-refractivity contribution in [1.82, 2.24) is 0 Å². The van der Waals surface area contributed by atoms with Crippen LogP contribution in [-0.2, 0) is 0 Å². The number of nitrogen functional groups attached to an aromatic ring is 1. The van der Waals surface area contributed by atoms with E-state index >= 15 is 0 Å². The Morgan fingerprint density at radius 2 is 2.18 bits per heavy atom. The van der Waals surface area contributed by atoms with Gasteiger partial charge in [-0.1, -0.05) is 19.1 Å². The first-order valence-electron chi connectivity index (χ1n) is 4.13. The van der Waals surface area contributed by atoms with E-state index in [0.717, 1.165) is 17.5 Å². The summed E-state index contributed by atoms with van der Waals surface area (Å²) < 4.78 is 0. The first-order valence-corrected chi connectivity index (χ1v) is 4.13. The van der Waals surface area contributed by atoms with Gasteiger partial charge in [-0.2, -0.15) is 0 Å². The Morgan fingerprint density at radius 3 is 2.73 bits per heavy atom. The van der Waals surface area contributed by atoms with Gasteiger partial charge in [-0.05, 0) is 36.0 Å². The van der Waals surface area contributed by atoms with Gasteiger partial charge < -0.3 is 5.73 Å². The lowest BCUT2D eigenvalue weighted by molar-refractivity contribution is 0.915. The van der Waals surface area contributed by atoms with Gasteiger partial charge >= 0.3 is 0 Å². The van der Waals surface area contributed by atoms with Crippen LogP contribution in [-0.4, -0.2) is 0 Å². The quantitative estimate of drug-likeness (QED) is 0.606. The van der Waals surface area contributed by atoms with Crippen molar-refractivity contribution in [3.63, 3.8) is 0 Å². The second-order valence-corrected chi connectivity index (χ2v) is 3.49. The second-order valence-electron chi connectivity index (χ2n) is 3.49. The highest BCUT2D eigenvalue weighted by atomic mass is 14.5. The third-order valence-corrected chi connectivity index (χ3v) is 2.45. The van der Waals surface area contributed by atoms with Crippen molar-refractivity contribution < 1.29 is 0 Å². The standard InChI is InChI=1S/C10H13N/c1-7-5-10(7)8-3-2-4-9(11)6-8/h2-4,6-7,10H,5,11H2,1H3. The number of benzene rings is 1. The van der Waals surface area contributed by atoms with Crippen LogP contribution in [0.1, 0.15) is 24.8 Å². The van der Waals surface area contributed by atoms with E-state index in [1.165, 1.54) is 12.0 Å². The van der Waals surface area contributed by atoms with Gasteiger partial charge in [-0.3, -0.25) is 0 Å². The monoisotopic (exact) mass is 147 g/mol. The summed E-state index contributed by atoms with van der Waals surface area (Å²) in [5, 5.41) is 0. The van der Waals surface area contributed by atoms with E-state index < -0.39 is 0 Å². The lowest BCUT2D eigenvalue weighted by Gasteiger charge is -1.98. The molecule has 0 spiro atoms. The SMILES string of the molecule is CC1CC1c1cccc(N)c1. The zero-order chi connectivity index (χ0) is 7.84. The van der Waals surface area contributed by atoms with Crippen molar-refractivity contribution in [1.29, 1.82) is 0 Å². The van der Waals surface area contributed by atoms with Gasteiger partial charge in [0.25, 0.3) is 0 Å². The minimum atomic E-state index is 0.790. The molecule has 1 aliphatic carbocycles. The Kier molecular flexibility index (Phi) is 1.38. The minimum absolute atomic E-state index is 0.790. The highest BCUT2D eigenvalue weighted by Gasteiger charge is 2.33. The van der Waals surface area contributed by atoms with E-state index in [1.54, 1.807) is 0 Å². The molecule has 0 saturated heterocycles. The molecule has 0 amide bonds. The molecule has 1 heteroatoms. The Balaban J connectivity index is 2.25. The fourth-order valence-corrected chi connectivity index (χ4v) is 1.58. The van der Waals surface area contributed by atoms with Crippen molar-refractivity contribution in [2.24, 2.45) is 5.92 Å². The van der Waals surface area contributed by atoms with Gasteiger partial charge in [-0.25, -0.2) is 0 Å². The number of rotatable bonds is 1. The van der Waals surface area contributed by atoms with Crippen molar-refractivity contribution in [2.75, 3.05) is 5.73 Å². The molecule has 2 rings (SSSR count). The van der Waals surface area contributed by atoms with Gasteiger partial charge in [0.15, 0.2) is 0 Å². The number of hydrogen-bond acceptors (Lipinski definition) is 1. The van der Waals surface area contributed by atoms with Crippen LogP contribution in [0.2, 0.25) is 0 Å². The molecular formula is C10H13N. The highest BCUT2D eigenvalue weighted by Crippen LogP contribution is 2.46. The molecule has 0 radical (unpaired) electrons. The summed E-state index contributed by atoms with van der Waals surface area (Å²) in [6.45, 7) is 2.29. The molecule has 0 aliphatic heterocycles. The molecule has 2 atom stereocenters. The summed E-state index contributed by atoms with van der Waals surface area (Å²) in [6, 6.07) is 8.24. The molecule has 1 nitrogen and oxygen atoms in total. The summed E-state index contributed by atoms with van der Waals surface area (Å²) in [4.78, 5) is 0. The second kappa shape index (κ2) is 2.26. The molecule has 0 bridgehead atoms. The normalized spacial score (nSPS) is 28.5. The fraction of sp³-hybridized carbons (Fsp3) is 0.400. The molecule has 0 aromatic heterocycles. The Hall–Kier alpha value is -0.980. The fourth-order valence-electron chi connectivity index (χ4n) is 1.58. The summed E-state index contributed by atoms with van der Waals surface area (Å²) in [7, 11) is 0. The Bertz CT molecular complexity index is 267. The average Bonchev–Trinajstić information content (AvgIpc) is 2.67. The van der Waals surface area contributed by atoms with Crippen molar-refractivity contribution >= 4 is 5.69 Å². The van der Waals surface area contributed by atoms with Crippen LogP contribution < -0.4 is 5.73 Å². The zero-order valence-electron chi connectivity index (χ0n) is 6.75. The van der Waals surface area contributed by atoms with Crippen LogP contribution in [0.4, 0.5) is 5.69 Å². The van der Waals surface area contributed by atoms with Crippen molar-refractivity contribution in [3.8, 4) is 0 Å². The molecular weight excluding hydrogens is 134 g/mol. The largest absolute Gasteiger partial charge is 0.399 e. The maximum absolute atomic E-state index is 5.67. The maximum Gasteiger partial charge on any atom is 0.0316 e. The maximum atomic E-state index is 5.67. The van der Waals surface area contributed by atoms with Crippen LogP contribution in [0.5, 0.6) is 0 Å². The van der Waals surface area contributed by atoms with Crippen molar-refractivity contribution in [2.45, 2.75) is 19.3 Å². The lowest BCUT2D eigenvalue weighted by atomic mass is 10.1. The smallest absolute Gasteiger partial charge is 0.0316 e. The van der Waals surface area contributed by atoms with E-state index in [9.17, 15) is 0 Å². The average molecular weight is 147 g/mol. The van der Waals surface area contributed by atoms with Crippen LogP contribution in [0.15, 0.2) is 24.3 Å². The van der Waals surface area contributed by atoms with Gasteiger partial charge in [0.05, 0.1) is 0 Å². The van der Waals surface area contributed by atoms with Crippen LogP contribution >= 0.6 is 0 Å². The third-order valence-electron chi connectivity index (χ3n) is 2.45. The van der Waals surface area contributed by atoms with E-state index in [2.05, 4.69) is 19.1 Å². The third kappa shape index (κ3) is 1.23. The molecule has 0 heterocycles.